The molecule has 0 aliphatic heterocycles. The highest BCUT2D eigenvalue weighted by molar-refractivity contribution is 7.19. The Labute approximate surface area is 102 Å². The average molecular weight is 245 g/mol. The number of hydrogen-bond donors (Lipinski definition) is 0. The number of fused-ring (bicyclic) bond motifs is 1. The van der Waals surface area contributed by atoms with Gasteiger partial charge >= 0.3 is 0 Å². The maximum atomic E-state index is 4.54. The molecular formula is C11H11N5S. The van der Waals surface area contributed by atoms with Crippen LogP contribution < -0.4 is 0 Å². The molecule has 0 saturated heterocycles. The monoisotopic (exact) mass is 245 g/mol. The van der Waals surface area contributed by atoms with Crippen molar-refractivity contribution < 1.29 is 0 Å². The van der Waals surface area contributed by atoms with Gasteiger partial charge in [0, 0.05) is 24.4 Å². The highest BCUT2D eigenvalue weighted by Crippen LogP contribution is 2.24. The van der Waals surface area contributed by atoms with Crippen LogP contribution in [0, 0.1) is 0 Å². The van der Waals surface area contributed by atoms with Crippen molar-refractivity contribution in [2.24, 2.45) is 0 Å². The molecule has 0 spiro atoms. The first-order valence-electron chi connectivity index (χ1n) is 5.50. The summed E-state index contributed by atoms with van der Waals surface area (Å²) in [6.45, 7) is 2.12. The molecule has 0 atom stereocenters. The smallest absolute Gasteiger partial charge is 0.234 e. The minimum Gasteiger partial charge on any atom is -0.265 e. The van der Waals surface area contributed by atoms with Crippen LogP contribution >= 0.6 is 11.3 Å². The Hall–Kier alpha value is -1.82. The lowest BCUT2D eigenvalue weighted by atomic mass is 10.3. The van der Waals surface area contributed by atoms with E-state index in [4.69, 9.17) is 0 Å². The Morgan fingerprint density at radius 1 is 1.24 bits per heavy atom. The van der Waals surface area contributed by atoms with Gasteiger partial charge in [0.25, 0.3) is 0 Å². The second-order valence-electron chi connectivity index (χ2n) is 3.70. The summed E-state index contributed by atoms with van der Waals surface area (Å²) >= 11 is 1.55. The molecule has 3 heterocycles. The van der Waals surface area contributed by atoms with Crippen molar-refractivity contribution in [2.75, 3.05) is 0 Å². The van der Waals surface area contributed by atoms with Crippen molar-refractivity contribution in [3.8, 4) is 10.6 Å². The molecule has 0 unspecified atom stereocenters. The van der Waals surface area contributed by atoms with Crippen LogP contribution in [0.1, 0.15) is 19.2 Å². The number of nitrogens with zero attached hydrogens (tertiary/aromatic N) is 5. The second-order valence-corrected chi connectivity index (χ2v) is 4.66. The number of rotatable bonds is 3. The van der Waals surface area contributed by atoms with Crippen LogP contribution in [-0.4, -0.2) is 24.8 Å². The predicted octanol–water partition coefficient (Wildman–Crippen LogP) is 2.20. The van der Waals surface area contributed by atoms with E-state index in [-0.39, 0.29) is 0 Å². The molecule has 0 bridgehead atoms. The Kier molecular flexibility index (Phi) is 2.56. The summed E-state index contributed by atoms with van der Waals surface area (Å²) in [6, 6.07) is 3.90. The zero-order chi connectivity index (χ0) is 11.7. The Morgan fingerprint density at radius 3 is 2.82 bits per heavy atom. The maximum absolute atomic E-state index is 4.54. The van der Waals surface area contributed by atoms with Crippen LogP contribution in [0.5, 0.6) is 0 Å². The summed E-state index contributed by atoms with van der Waals surface area (Å²) in [5.74, 6) is 0.930. The normalized spacial score (nSPS) is 11.1. The molecule has 17 heavy (non-hydrogen) atoms. The first kappa shape index (κ1) is 10.3. The average Bonchev–Trinajstić information content (AvgIpc) is 2.93. The summed E-state index contributed by atoms with van der Waals surface area (Å²) in [6.07, 6.45) is 5.49. The second kappa shape index (κ2) is 4.21. The highest BCUT2D eigenvalue weighted by Gasteiger charge is 2.11. The van der Waals surface area contributed by atoms with Gasteiger partial charge in [-0.15, -0.1) is 10.2 Å². The van der Waals surface area contributed by atoms with Crippen LogP contribution in [0.2, 0.25) is 0 Å². The lowest BCUT2D eigenvalue weighted by Crippen LogP contribution is -1.95. The van der Waals surface area contributed by atoms with Gasteiger partial charge in [0.1, 0.15) is 5.01 Å². The van der Waals surface area contributed by atoms with Gasteiger partial charge in [0.05, 0.1) is 0 Å². The quantitative estimate of drug-likeness (QED) is 0.710. The Bertz CT molecular complexity index is 628. The molecular weight excluding hydrogens is 234 g/mol. The standard InChI is InChI=1S/C11H11N5S/c1-2-3-9-13-14-11-16(9)15-10(17-11)8-4-6-12-7-5-8/h4-7H,2-3H2,1H3. The van der Waals surface area contributed by atoms with Gasteiger partial charge < -0.3 is 0 Å². The lowest BCUT2D eigenvalue weighted by molar-refractivity contribution is 0.778. The van der Waals surface area contributed by atoms with Crippen LogP contribution in [0.3, 0.4) is 0 Å². The molecule has 0 aliphatic carbocycles. The minimum absolute atomic E-state index is 0.847. The van der Waals surface area contributed by atoms with Crippen LogP contribution in [-0.2, 0) is 6.42 Å². The van der Waals surface area contributed by atoms with Crippen molar-refractivity contribution in [1.82, 2.24) is 24.8 Å². The van der Waals surface area contributed by atoms with Gasteiger partial charge in [0.2, 0.25) is 4.96 Å². The molecule has 0 amide bonds. The first-order chi connectivity index (χ1) is 8.38. The molecule has 6 heteroatoms. The van der Waals surface area contributed by atoms with Gasteiger partial charge in [-0.25, -0.2) is 0 Å². The van der Waals surface area contributed by atoms with E-state index in [1.54, 1.807) is 23.7 Å². The fraction of sp³-hybridized carbons (Fsp3) is 0.273. The van der Waals surface area contributed by atoms with E-state index in [0.29, 0.717) is 0 Å². The molecule has 0 aliphatic rings. The molecule has 0 saturated carbocycles. The van der Waals surface area contributed by atoms with E-state index < -0.39 is 0 Å². The number of aromatic nitrogens is 5. The van der Waals surface area contributed by atoms with E-state index in [1.807, 2.05) is 16.6 Å². The highest BCUT2D eigenvalue weighted by atomic mass is 32.1. The fourth-order valence-electron chi connectivity index (χ4n) is 1.65. The molecule has 3 aromatic rings. The summed E-state index contributed by atoms with van der Waals surface area (Å²) < 4.78 is 1.84. The Balaban J connectivity index is 2.08. The molecule has 86 valence electrons. The molecule has 3 aromatic heterocycles. The summed E-state index contributed by atoms with van der Waals surface area (Å²) in [4.78, 5) is 4.85. The van der Waals surface area contributed by atoms with Crippen LogP contribution in [0.15, 0.2) is 24.5 Å². The van der Waals surface area contributed by atoms with Crippen molar-refractivity contribution >= 4 is 16.3 Å². The minimum atomic E-state index is 0.847. The third-order valence-corrected chi connectivity index (χ3v) is 3.40. The van der Waals surface area contributed by atoms with Gasteiger partial charge in [-0.2, -0.15) is 9.61 Å². The van der Waals surface area contributed by atoms with Crippen LogP contribution in [0.25, 0.3) is 15.5 Å². The van der Waals surface area contributed by atoms with E-state index in [2.05, 4.69) is 27.2 Å². The molecule has 0 N–H and O–H groups in total. The Morgan fingerprint density at radius 2 is 2.06 bits per heavy atom. The number of pyridine rings is 1. The number of hydrogen-bond acceptors (Lipinski definition) is 5. The van der Waals surface area contributed by atoms with Crippen molar-refractivity contribution in [3.05, 3.63) is 30.4 Å². The maximum Gasteiger partial charge on any atom is 0.234 e. The van der Waals surface area contributed by atoms with E-state index in [1.165, 1.54) is 0 Å². The fourth-order valence-corrected chi connectivity index (χ4v) is 2.51. The van der Waals surface area contributed by atoms with Crippen molar-refractivity contribution in [1.29, 1.82) is 0 Å². The molecule has 0 fully saturated rings. The topological polar surface area (TPSA) is 56.0 Å². The van der Waals surface area contributed by atoms with Gasteiger partial charge in [-0.05, 0) is 18.6 Å². The summed E-state index contributed by atoms with van der Waals surface area (Å²) in [7, 11) is 0. The van der Waals surface area contributed by atoms with Crippen molar-refractivity contribution in [2.45, 2.75) is 19.8 Å². The zero-order valence-corrected chi connectivity index (χ0v) is 10.2. The SMILES string of the molecule is CCCc1nnc2sc(-c3ccncc3)nn12. The van der Waals surface area contributed by atoms with E-state index in [9.17, 15) is 0 Å². The zero-order valence-electron chi connectivity index (χ0n) is 9.37. The molecule has 3 rings (SSSR count). The van der Waals surface area contributed by atoms with Gasteiger partial charge in [0.15, 0.2) is 5.82 Å². The largest absolute Gasteiger partial charge is 0.265 e. The van der Waals surface area contributed by atoms with Gasteiger partial charge in [-0.1, -0.05) is 18.3 Å². The first-order valence-corrected chi connectivity index (χ1v) is 6.31. The van der Waals surface area contributed by atoms with E-state index >= 15 is 0 Å². The molecule has 0 aromatic carbocycles. The summed E-state index contributed by atoms with van der Waals surface area (Å²) in [5.41, 5.74) is 1.07. The van der Waals surface area contributed by atoms with Crippen LogP contribution in [0.4, 0.5) is 0 Å². The third-order valence-electron chi connectivity index (χ3n) is 2.46. The van der Waals surface area contributed by atoms with Gasteiger partial charge in [-0.3, -0.25) is 4.98 Å². The summed E-state index contributed by atoms with van der Waals surface area (Å²) in [5, 5.41) is 13.8. The molecule has 5 nitrogen and oxygen atoms in total. The molecule has 0 radical (unpaired) electrons. The lowest BCUT2D eigenvalue weighted by Gasteiger charge is -1.93. The van der Waals surface area contributed by atoms with Crippen molar-refractivity contribution in [3.63, 3.8) is 0 Å². The number of aryl methyl sites for hydroxylation is 1. The third kappa shape index (κ3) is 1.80. The predicted molar refractivity (Wildman–Crippen MR) is 65.9 cm³/mol. The van der Waals surface area contributed by atoms with E-state index in [0.717, 1.165) is 34.2 Å².